The van der Waals surface area contributed by atoms with Crippen molar-refractivity contribution >= 4 is 23.7 Å². The molecule has 2 heterocycles. The average molecular weight is 254 g/mol. The fraction of sp³-hybridized carbons (Fsp3) is 0.556. The Morgan fingerprint density at radius 2 is 2.06 bits per heavy atom. The number of urea groups is 2. The van der Waals surface area contributed by atoms with Crippen molar-refractivity contribution in [1.82, 2.24) is 26.3 Å². The number of carbonyl (C=O) groups excluding carboxylic acids is 3. The molecule has 2 aliphatic heterocycles. The highest BCUT2D eigenvalue weighted by Gasteiger charge is 2.45. The standard InChI is InChI=1S/C9H14N6O3/c1-4(2)13-14-5(16)3-15-7-6(11-9(15)18)10-8(17)12-7/h6-7H,3H2,1-2H3,(H,11,18)(H,14,16)(H2,10,12,17)/t6-,7-/m1/s1. The predicted molar refractivity (Wildman–Crippen MR) is 61.4 cm³/mol. The minimum absolute atomic E-state index is 0.175. The Balaban J connectivity index is 1.96. The minimum Gasteiger partial charge on any atom is -0.314 e. The van der Waals surface area contributed by atoms with E-state index in [1.54, 1.807) is 13.8 Å². The quantitative estimate of drug-likeness (QED) is 0.362. The molecule has 2 fully saturated rings. The highest BCUT2D eigenvalue weighted by molar-refractivity contribution is 5.89. The summed E-state index contributed by atoms with van der Waals surface area (Å²) in [6.07, 6.45) is -1.06. The summed E-state index contributed by atoms with van der Waals surface area (Å²) in [6.45, 7) is 3.30. The molecule has 2 atom stereocenters. The summed E-state index contributed by atoms with van der Waals surface area (Å²) in [7, 11) is 0. The van der Waals surface area contributed by atoms with Gasteiger partial charge in [-0.25, -0.2) is 15.0 Å². The Hall–Kier alpha value is -2.32. The summed E-state index contributed by atoms with van der Waals surface area (Å²) in [5.41, 5.74) is 3.01. The van der Waals surface area contributed by atoms with Crippen LogP contribution in [-0.2, 0) is 4.79 Å². The van der Waals surface area contributed by atoms with Gasteiger partial charge in [0.2, 0.25) is 0 Å². The van der Waals surface area contributed by atoms with Crippen molar-refractivity contribution in [2.24, 2.45) is 5.10 Å². The van der Waals surface area contributed by atoms with E-state index in [-0.39, 0.29) is 12.6 Å². The molecule has 9 heteroatoms. The molecule has 18 heavy (non-hydrogen) atoms. The van der Waals surface area contributed by atoms with Gasteiger partial charge in [-0.05, 0) is 13.8 Å². The molecule has 0 radical (unpaired) electrons. The third kappa shape index (κ3) is 2.34. The Kier molecular flexibility index (Phi) is 3.04. The summed E-state index contributed by atoms with van der Waals surface area (Å²) in [4.78, 5) is 35.4. The van der Waals surface area contributed by atoms with E-state index in [4.69, 9.17) is 0 Å². The molecule has 2 saturated heterocycles. The lowest BCUT2D eigenvalue weighted by Gasteiger charge is -2.19. The Bertz CT molecular complexity index is 430. The third-order valence-corrected chi connectivity index (χ3v) is 2.48. The zero-order chi connectivity index (χ0) is 13.3. The molecule has 5 amide bonds. The van der Waals surface area contributed by atoms with Crippen LogP contribution in [0.1, 0.15) is 13.8 Å². The number of hydrazone groups is 1. The summed E-state index contributed by atoms with van der Waals surface area (Å²) in [5.74, 6) is -0.423. The van der Waals surface area contributed by atoms with Gasteiger partial charge in [-0.1, -0.05) is 0 Å². The monoisotopic (exact) mass is 254 g/mol. The number of rotatable bonds is 3. The molecule has 0 aromatic heterocycles. The topological polar surface area (TPSA) is 115 Å². The summed E-state index contributed by atoms with van der Waals surface area (Å²) in [5, 5.41) is 11.4. The van der Waals surface area contributed by atoms with E-state index in [0.717, 1.165) is 0 Å². The maximum atomic E-state index is 11.6. The van der Waals surface area contributed by atoms with Gasteiger partial charge < -0.3 is 16.0 Å². The molecule has 9 nitrogen and oxygen atoms in total. The first-order chi connectivity index (χ1) is 8.47. The average Bonchev–Trinajstić information content (AvgIpc) is 2.74. The number of carbonyl (C=O) groups is 3. The maximum absolute atomic E-state index is 11.6. The van der Waals surface area contributed by atoms with Gasteiger partial charge in [0, 0.05) is 5.71 Å². The van der Waals surface area contributed by atoms with E-state index in [1.165, 1.54) is 4.90 Å². The molecule has 4 N–H and O–H groups in total. The van der Waals surface area contributed by atoms with E-state index in [2.05, 4.69) is 26.5 Å². The Morgan fingerprint density at radius 1 is 1.33 bits per heavy atom. The van der Waals surface area contributed by atoms with Gasteiger partial charge in [0.05, 0.1) is 0 Å². The predicted octanol–water partition coefficient (Wildman–Crippen LogP) is -1.51. The molecule has 2 aliphatic rings. The summed E-state index contributed by atoms with van der Waals surface area (Å²) < 4.78 is 0. The van der Waals surface area contributed by atoms with Crippen LogP contribution >= 0.6 is 0 Å². The highest BCUT2D eigenvalue weighted by Crippen LogP contribution is 2.13. The number of nitrogens with one attached hydrogen (secondary N) is 4. The third-order valence-electron chi connectivity index (χ3n) is 2.48. The van der Waals surface area contributed by atoms with Crippen molar-refractivity contribution in [2.45, 2.75) is 26.2 Å². The van der Waals surface area contributed by atoms with Crippen LogP contribution in [0.15, 0.2) is 5.10 Å². The molecular formula is C9H14N6O3. The van der Waals surface area contributed by atoms with Gasteiger partial charge in [0.1, 0.15) is 18.9 Å². The first-order valence-electron chi connectivity index (χ1n) is 5.41. The van der Waals surface area contributed by atoms with Gasteiger partial charge in [0.15, 0.2) is 0 Å². The SMILES string of the molecule is CC(C)=NNC(=O)CN1C(=O)N[C@H]2NC(=O)N[C@@H]21. The molecule has 0 aromatic carbocycles. The maximum Gasteiger partial charge on any atom is 0.321 e. The van der Waals surface area contributed by atoms with Crippen LogP contribution in [0.2, 0.25) is 0 Å². The van der Waals surface area contributed by atoms with E-state index in [1.807, 2.05) is 0 Å². The molecule has 0 unspecified atom stereocenters. The zero-order valence-electron chi connectivity index (χ0n) is 9.98. The van der Waals surface area contributed by atoms with Crippen LogP contribution in [0.5, 0.6) is 0 Å². The second-order valence-corrected chi connectivity index (χ2v) is 4.21. The van der Waals surface area contributed by atoms with Gasteiger partial charge in [-0.15, -0.1) is 0 Å². The number of hydrogen-bond donors (Lipinski definition) is 4. The van der Waals surface area contributed by atoms with E-state index >= 15 is 0 Å². The van der Waals surface area contributed by atoms with Crippen molar-refractivity contribution in [2.75, 3.05) is 6.54 Å². The largest absolute Gasteiger partial charge is 0.321 e. The fourth-order valence-electron chi connectivity index (χ4n) is 1.73. The lowest BCUT2D eigenvalue weighted by molar-refractivity contribution is -0.121. The van der Waals surface area contributed by atoms with Crippen LogP contribution in [0.4, 0.5) is 9.59 Å². The molecule has 0 saturated carbocycles. The Morgan fingerprint density at radius 3 is 2.72 bits per heavy atom. The van der Waals surface area contributed by atoms with Gasteiger partial charge in [0.25, 0.3) is 5.91 Å². The van der Waals surface area contributed by atoms with Crippen LogP contribution < -0.4 is 21.4 Å². The summed E-state index contributed by atoms with van der Waals surface area (Å²) in [6, 6.07) is -0.789. The number of fused-ring (bicyclic) bond motifs is 1. The first-order valence-corrected chi connectivity index (χ1v) is 5.41. The Labute approximate surface area is 103 Å². The zero-order valence-corrected chi connectivity index (χ0v) is 9.98. The van der Waals surface area contributed by atoms with Crippen molar-refractivity contribution in [3.05, 3.63) is 0 Å². The van der Waals surface area contributed by atoms with Crippen molar-refractivity contribution < 1.29 is 14.4 Å². The molecular weight excluding hydrogens is 240 g/mol. The van der Waals surface area contributed by atoms with E-state index < -0.39 is 24.3 Å². The molecule has 0 aliphatic carbocycles. The summed E-state index contributed by atoms with van der Waals surface area (Å²) >= 11 is 0. The molecule has 98 valence electrons. The lowest BCUT2D eigenvalue weighted by atomic mass is 10.4. The van der Waals surface area contributed by atoms with E-state index in [9.17, 15) is 14.4 Å². The van der Waals surface area contributed by atoms with Crippen LogP contribution in [-0.4, -0.2) is 47.5 Å². The van der Waals surface area contributed by atoms with Gasteiger partial charge in [-0.3, -0.25) is 9.69 Å². The lowest BCUT2D eigenvalue weighted by Crippen LogP contribution is -2.47. The van der Waals surface area contributed by atoms with Gasteiger partial charge >= 0.3 is 12.1 Å². The number of amides is 5. The number of nitrogens with zero attached hydrogens (tertiary/aromatic N) is 2. The normalized spacial score (nSPS) is 24.9. The molecule has 2 rings (SSSR count). The second-order valence-electron chi connectivity index (χ2n) is 4.21. The van der Waals surface area contributed by atoms with Crippen molar-refractivity contribution in [3.63, 3.8) is 0 Å². The van der Waals surface area contributed by atoms with Crippen LogP contribution in [0, 0.1) is 0 Å². The number of hydrogen-bond acceptors (Lipinski definition) is 4. The highest BCUT2D eigenvalue weighted by atomic mass is 16.2. The smallest absolute Gasteiger partial charge is 0.314 e. The second kappa shape index (κ2) is 4.51. The van der Waals surface area contributed by atoms with Crippen molar-refractivity contribution in [3.8, 4) is 0 Å². The first kappa shape index (κ1) is 12.1. The fourth-order valence-corrected chi connectivity index (χ4v) is 1.73. The minimum atomic E-state index is -0.553. The van der Waals surface area contributed by atoms with E-state index in [0.29, 0.717) is 5.71 Å². The van der Waals surface area contributed by atoms with Crippen LogP contribution in [0.25, 0.3) is 0 Å². The molecule has 0 spiro atoms. The van der Waals surface area contributed by atoms with Gasteiger partial charge in [-0.2, -0.15) is 5.10 Å². The van der Waals surface area contributed by atoms with Crippen molar-refractivity contribution in [1.29, 1.82) is 0 Å². The molecule has 0 aromatic rings. The molecule has 0 bridgehead atoms. The van der Waals surface area contributed by atoms with Crippen LogP contribution in [0.3, 0.4) is 0 Å².